The summed E-state index contributed by atoms with van der Waals surface area (Å²) >= 11 is 0. The van der Waals surface area contributed by atoms with E-state index < -0.39 is 12.7 Å². The Balaban J connectivity index is 2.65. The van der Waals surface area contributed by atoms with Crippen LogP contribution in [0.2, 0.25) is 0 Å². The summed E-state index contributed by atoms with van der Waals surface area (Å²) in [5.74, 6) is 0.330. The molecule has 0 bridgehead atoms. The van der Waals surface area contributed by atoms with Crippen LogP contribution in [0.5, 0.6) is 0 Å². The van der Waals surface area contributed by atoms with Gasteiger partial charge in [-0.15, -0.1) is 0 Å². The second kappa shape index (κ2) is 6.07. The molecule has 1 heterocycles. The average Bonchev–Trinajstić information content (AvgIpc) is 2.65. The zero-order valence-corrected chi connectivity index (χ0v) is 10.3. The van der Waals surface area contributed by atoms with Crippen molar-refractivity contribution in [2.24, 2.45) is 0 Å². The molecule has 0 aliphatic carbocycles. The van der Waals surface area contributed by atoms with E-state index in [9.17, 15) is 13.2 Å². The van der Waals surface area contributed by atoms with Crippen LogP contribution in [-0.4, -0.2) is 16.0 Å². The third kappa shape index (κ3) is 4.79. The highest BCUT2D eigenvalue weighted by atomic mass is 19.4. The van der Waals surface area contributed by atoms with Crippen LogP contribution in [0.3, 0.4) is 0 Å². The molecule has 1 aromatic heterocycles. The molecule has 5 heteroatoms. The fourth-order valence-electron chi connectivity index (χ4n) is 1.92. The average molecular weight is 248 g/mol. The lowest BCUT2D eigenvalue weighted by Gasteiger charge is -2.11. The van der Waals surface area contributed by atoms with Crippen molar-refractivity contribution in [3.05, 3.63) is 18.0 Å². The maximum absolute atomic E-state index is 12.2. The van der Waals surface area contributed by atoms with Gasteiger partial charge in [0.05, 0.1) is 6.20 Å². The highest BCUT2D eigenvalue weighted by Gasteiger charge is 2.28. The first-order valence-electron chi connectivity index (χ1n) is 6.05. The van der Waals surface area contributed by atoms with Gasteiger partial charge in [0.2, 0.25) is 0 Å². The number of halogens is 3. The zero-order chi connectivity index (χ0) is 12.9. The van der Waals surface area contributed by atoms with Gasteiger partial charge in [-0.1, -0.05) is 26.7 Å². The van der Waals surface area contributed by atoms with E-state index in [0.29, 0.717) is 5.92 Å². The molecule has 2 nitrogen and oxygen atoms in total. The summed E-state index contributed by atoms with van der Waals surface area (Å²) < 4.78 is 37.5. The first kappa shape index (κ1) is 14.1. The van der Waals surface area contributed by atoms with Crippen molar-refractivity contribution in [3.8, 4) is 0 Å². The van der Waals surface area contributed by atoms with Crippen LogP contribution < -0.4 is 0 Å². The molecule has 1 aromatic rings. The Morgan fingerprint density at radius 3 is 2.59 bits per heavy atom. The Bertz CT molecular complexity index is 331. The number of alkyl halides is 3. The van der Waals surface area contributed by atoms with Crippen LogP contribution in [0.15, 0.2) is 12.4 Å². The van der Waals surface area contributed by atoms with Crippen molar-refractivity contribution < 1.29 is 13.2 Å². The molecular weight excluding hydrogens is 229 g/mol. The van der Waals surface area contributed by atoms with Crippen molar-refractivity contribution in [2.45, 2.75) is 58.2 Å². The third-order valence-electron chi connectivity index (χ3n) is 2.86. The van der Waals surface area contributed by atoms with E-state index in [0.717, 1.165) is 35.9 Å². The fourth-order valence-corrected chi connectivity index (χ4v) is 1.92. The number of aromatic nitrogens is 2. The second-order valence-corrected chi connectivity index (χ2v) is 4.33. The van der Waals surface area contributed by atoms with Crippen LogP contribution in [-0.2, 0) is 6.54 Å². The van der Waals surface area contributed by atoms with E-state index in [-0.39, 0.29) is 0 Å². The van der Waals surface area contributed by atoms with Gasteiger partial charge in [0.15, 0.2) is 0 Å². The summed E-state index contributed by atoms with van der Waals surface area (Å²) in [6.45, 7) is 3.17. The van der Waals surface area contributed by atoms with Gasteiger partial charge in [0.25, 0.3) is 0 Å². The Labute approximate surface area is 99.8 Å². The summed E-state index contributed by atoms with van der Waals surface area (Å²) in [7, 11) is 0. The molecule has 0 fully saturated rings. The van der Waals surface area contributed by atoms with Gasteiger partial charge in [-0.25, -0.2) is 0 Å². The monoisotopic (exact) mass is 248 g/mol. The molecule has 1 atom stereocenters. The highest BCUT2D eigenvalue weighted by Crippen LogP contribution is 2.25. The number of hydrogen-bond acceptors (Lipinski definition) is 1. The smallest absolute Gasteiger partial charge is 0.263 e. The summed E-state index contributed by atoms with van der Waals surface area (Å²) in [5, 5.41) is 3.78. The van der Waals surface area contributed by atoms with Crippen LogP contribution >= 0.6 is 0 Å². The Hall–Kier alpha value is -1.00. The highest BCUT2D eigenvalue weighted by molar-refractivity contribution is 5.11. The van der Waals surface area contributed by atoms with E-state index >= 15 is 0 Å². The van der Waals surface area contributed by atoms with Crippen molar-refractivity contribution in [2.75, 3.05) is 0 Å². The van der Waals surface area contributed by atoms with E-state index in [1.807, 2.05) is 0 Å². The molecule has 98 valence electrons. The number of hydrogen-bond donors (Lipinski definition) is 0. The molecule has 0 aliphatic rings. The normalized spacial score (nSPS) is 13.9. The maximum Gasteiger partial charge on any atom is 0.408 e. The molecule has 0 radical (unpaired) electrons. The summed E-state index contributed by atoms with van der Waals surface area (Å²) in [4.78, 5) is 0. The van der Waals surface area contributed by atoms with E-state index in [1.165, 1.54) is 6.20 Å². The molecule has 1 unspecified atom stereocenters. The summed E-state index contributed by atoms with van der Waals surface area (Å²) in [6.07, 6.45) is 3.06. The van der Waals surface area contributed by atoms with Crippen LogP contribution in [0, 0.1) is 0 Å². The number of unbranched alkanes of at least 4 members (excludes halogenated alkanes) is 1. The SMILES string of the molecule is CCCCC(CC)c1cnn(CC(F)(F)F)c1. The van der Waals surface area contributed by atoms with Crippen LogP contribution in [0.4, 0.5) is 13.2 Å². The number of rotatable bonds is 6. The minimum Gasteiger partial charge on any atom is -0.263 e. The molecule has 0 aromatic carbocycles. The van der Waals surface area contributed by atoms with Gasteiger partial charge in [-0.3, -0.25) is 4.68 Å². The van der Waals surface area contributed by atoms with Gasteiger partial charge < -0.3 is 0 Å². The Morgan fingerprint density at radius 2 is 2.06 bits per heavy atom. The van der Waals surface area contributed by atoms with E-state index in [2.05, 4.69) is 18.9 Å². The largest absolute Gasteiger partial charge is 0.408 e. The lowest BCUT2D eigenvalue weighted by atomic mass is 9.94. The van der Waals surface area contributed by atoms with Crippen LogP contribution in [0.25, 0.3) is 0 Å². The molecular formula is C12H19F3N2. The van der Waals surface area contributed by atoms with Gasteiger partial charge in [-0.05, 0) is 24.3 Å². The molecule has 0 saturated carbocycles. The van der Waals surface area contributed by atoms with Gasteiger partial charge in [0, 0.05) is 6.20 Å². The topological polar surface area (TPSA) is 17.8 Å². The van der Waals surface area contributed by atoms with Gasteiger partial charge in [0.1, 0.15) is 6.54 Å². The molecule has 0 saturated heterocycles. The van der Waals surface area contributed by atoms with Crippen LogP contribution in [0.1, 0.15) is 51.0 Å². The third-order valence-corrected chi connectivity index (χ3v) is 2.86. The number of nitrogens with zero attached hydrogens (tertiary/aromatic N) is 2. The van der Waals surface area contributed by atoms with Crippen molar-refractivity contribution in [1.82, 2.24) is 9.78 Å². The van der Waals surface area contributed by atoms with Gasteiger partial charge >= 0.3 is 6.18 Å². The molecule has 1 rings (SSSR count). The van der Waals surface area contributed by atoms with Crippen molar-refractivity contribution in [1.29, 1.82) is 0 Å². The lowest BCUT2D eigenvalue weighted by molar-refractivity contribution is -0.142. The summed E-state index contributed by atoms with van der Waals surface area (Å²) in [5.41, 5.74) is 0.921. The van der Waals surface area contributed by atoms with Crippen molar-refractivity contribution in [3.63, 3.8) is 0 Å². The standard InChI is InChI=1S/C12H19F3N2/c1-3-5-6-10(4-2)11-7-16-17(8-11)9-12(13,14)15/h7-8,10H,3-6,9H2,1-2H3. The molecule has 0 amide bonds. The summed E-state index contributed by atoms with van der Waals surface area (Å²) in [6, 6.07) is 0. The quantitative estimate of drug-likeness (QED) is 0.740. The minimum atomic E-state index is -4.20. The molecule has 0 N–H and O–H groups in total. The Morgan fingerprint density at radius 1 is 1.35 bits per heavy atom. The predicted octanol–water partition coefficient (Wildman–Crippen LogP) is 4.13. The first-order chi connectivity index (χ1) is 7.96. The van der Waals surface area contributed by atoms with E-state index in [4.69, 9.17) is 0 Å². The van der Waals surface area contributed by atoms with Gasteiger partial charge in [-0.2, -0.15) is 18.3 Å². The Kier molecular flexibility index (Phi) is 5.02. The molecule has 0 aliphatic heterocycles. The predicted molar refractivity (Wildman–Crippen MR) is 60.8 cm³/mol. The second-order valence-electron chi connectivity index (χ2n) is 4.33. The van der Waals surface area contributed by atoms with Crippen molar-refractivity contribution >= 4 is 0 Å². The first-order valence-corrected chi connectivity index (χ1v) is 6.05. The zero-order valence-electron chi connectivity index (χ0n) is 10.3. The van der Waals surface area contributed by atoms with E-state index in [1.54, 1.807) is 6.20 Å². The lowest BCUT2D eigenvalue weighted by Crippen LogP contribution is -2.17. The molecule has 0 spiro atoms. The minimum absolute atomic E-state index is 0.330. The molecule has 17 heavy (non-hydrogen) atoms. The fraction of sp³-hybridized carbons (Fsp3) is 0.750. The maximum atomic E-state index is 12.2.